The van der Waals surface area contributed by atoms with Gasteiger partial charge >= 0.3 is 0 Å². The van der Waals surface area contributed by atoms with Gasteiger partial charge in [0.2, 0.25) is 10.0 Å². The molecule has 0 bridgehead atoms. The molecule has 28 heavy (non-hydrogen) atoms. The summed E-state index contributed by atoms with van der Waals surface area (Å²) in [4.78, 5) is 15.9. The molecule has 3 aromatic rings. The number of fused-ring (bicyclic) bond motifs is 1. The van der Waals surface area contributed by atoms with Crippen molar-refractivity contribution < 1.29 is 13.2 Å². The zero-order valence-electron chi connectivity index (χ0n) is 15.2. The maximum Gasteiger partial charge on any atom is 0.258 e. The van der Waals surface area contributed by atoms with Gasteiger partial charge in [0.25, 0.3) is 5.91 Å². The van der Waals surface area contributed by atoms with E-state index in [1.807, 2.05) is 41.8 Å². The molecule has 0 radical (unpaired) electrons. The van der Waals surface area contributed by atoms with Gasteiger partial charge in [-0.05, 0) is 60.2 Å². The summed E-state index contributed by atoms with van der Waals surface area (Å²) in [5.74, 6) is -0.112. The van der Waals surface area contributed by atoms with Gasteiger partial charge in [0.15, 0.2) is 0 Å². The standard InChI is InChI=1S/C21H20N2O3S2/c24-21(23-14-12-16-4-1-2-6-20(16)23)17-7-9-19(10-8-17)28(25,26)22-13-11-18-5-3-15-27-18/h1-10,15,22H,11-14H2. The lowest BCUT2D eigenvalue weighted by Crippen LogP contribution is -2.29. The number of amides is 1. The summed E-state index contributed by atoms with van der Waals surface area (Å²) in [5, 5.41) is 1.97. The van der Waals surface area contributed by atoms with Crippen molar-refractivity contribution in [1.29, 1.82) is 0 Å². The number of nitrogens with one attached hydrogen (secondary N) is 1. The third kappa shape index (κ3) is 3.87. The minimum atomic E-state index is -3.59. The molecule has 0 unspecified atom stereocenters. The van der Waals surface area contributed by atoms with Gasteiger partial charge < -0.3 is 4.90 Å². The Morgan fingerprint density at radius 2 is 1.82 bits per heavy atom. The van der Waals surface area contributed by atoms with E-state index in [1.54, 1.807) is 28.4 Å². The average Bonchev–Trinajstić information content (AvgIpc) is 3.37. The molecule has 1 aliphatic rings. The van der Waals surface area contributed by atoms with Crippen LogP contribution < -0.4 is 9.62 Å². The smallest absolute Gasteiger partial charge is 0.258 e. The second kappa shape index (κ2) is 7.87. The first kappa shape index (κ1) is 18.9. The Labute approximate surface area is 168 Å². The van der Waals surface area contributed by atoms with E-state index in [9.17, 15) is 13.2 Å². The number of thiophene rings is 1. The molecule has 0 fully saturated rings. The summed E-state index contributed by atoms with van der Waals surface area (Å²) in [6.07, 6.45) is 1.49. The molecule has 0 saturated heterocycles. The molecule has 1 N–H and O–H groups in total. The number of benzene rings is 2. The molecule has 0 saturated carbocycles. The second-order valence-corrected chi connectivity index (χ2v) is 9.39. The van der Waals surface area contributed by atoms with Crippen LogP contribution in [0.25, 0.3) is 0 Å². The zero-order chi connectivity index (χ0) is 19.6. The molecule has 2 heterocycles. The average molecular weight is 413 g/mol. The molecule has 1 amide bonds. The fraction of sp³-hybridized carbons (Fsp3) is 0.190. The lowest BCUT2D eigenvalue weighted by Gasteiger charge is -2.17. The SMILES string of the molecule is O=C(c1ccc(S(=O)(=O)NCCc2cccs2)cc1)N1CCc2ccccc21. The minimum Gasteiger partial charge on any atom is -0.308 e. The Balaban J connectivity index is 1.44. The quantitative estimate of drug-likeness (QED) is 0.674. The van der Waals surface area contributed by atoms with Crippen molar-refractivity contribution in [3.63, 3.8) is 0 Å². The fourth-order valence-electron chi connectivity index (χ4n) is 3.33. The molecule has 7 heteroatoms. The van der Waals surface area contributed by atoms with Gasteiger partial charge in [-0.15, -0.1) is 11.3 Å². The van der Waals surface area contributed by atoms with E-state index in [4.69, 9.17) is 0 Å². The number of para-hydroxylation sites is 1. The van der Waals surface area contributed by atoms with Crippen molar-refractivity contribution in [2.24, 2.45) is 0 Å². The second-order valence-electron chi connectivity index (χ2n) is 6.59. The van der Waals surface area contributed by atoms with Gasteiger partial charge in [-0.3, -0.25) is 4.79 Å². The van der Waals surface area contributed by atoms with Crippen LogP contribution in [0.5, 0.6) is 0 Å². The van der Waals surface area contributed by atoms with Crippen molar-refractivity contribution in [1.82, 2.24) is 4.72 Å². The Hall–Kier alpha value is -2.48. The van der Waals surface area contributed by atoms with Gasteiger partial charge in [-0.2, -0.15) is 0 Å². The van der Waals surface area contributed by atoms with Crippen LogP contribution in [0, 0.1) is 0 Å². The molecule has 4 rings (SSSR count). The van der Waals surface area contributed by atoms with Crippen molar-refractivity contribution in [2.75, 3.05) is 18.0 Å². The first-order valence-electron chi connectivity index (χ1n) is 9.06. The van der Waals surface area contributed by atoms with Crippen LogP contribution in [0.1, 0.15) is 20.8 Å². The summed E-state index contributed by atoms with van der Waals surface area (Å²) in [6, 6.07) is 17.9. The normalized spacial score (nSPS) is 13.5. The van der Waals surface area contributed by atoms with Gasteiger partial charge in [-0.25, -0.2) is 13.1 Å². The fourth-order valence-corrected chi connectivity index (χ4v) is 5.07. The van der Waals surface area contributed by atoms with Gasteiger partial charge in [-0.1, -0.05) is 24.3 Å². The first-order valence-corrected chi connectivity index (χ1v) is 11.4. The largest absolute Gasteiger partial charge is 0.308 e. The molecule has 0 aliphatic carbocycles. The van der Waals surface area contributed by atoms with Crippen LogP contribution in [0.4, 0.5) is 5.69 Å². The number of carbonyl (C=O) groups is 1. The van der Waals surface area contributed by atoms with Crippen LogP contribution in [0.3, 0.4) is 0 Å². The van der Waals surface area contributed by atoms with Crippen molar-refractivity contribution >= 4 is 33.0 Å². The topological polar surface area (TPSA) is 66.5 Å². The summed E-state index contributed by atoms with van der Waals surface area (Å²) in [7, 11) is -3.59. The lowest BCUT2D eigenvalue weighted by molar-refractivity contribution is 0.0989. The number of hydrogen-bond donors (Lipinski definition) is 1. The molecular formula is C21H20N2O3S2. The first-order chi connectivity index (χ1) is 13.5. The monoisotopic (exact) mass is 412 g/mol. The maximum absolute atomic E-state index is 12.8. The lowest BCUT2D eigenvalue weighted by atomic mass is 10.1. The van der Waals surface area contributed by atoms with E-state index < -0.39 is 10.0 Å². The highest BCUT2D eigenvalue weighted by atomic mass is 32.2. The zero-order valence-corrected chi connectivity index (χ0v) is 16.8. The van der Waals surface area contributed by atoms with Crippen LogP contribution in [-0.4, -0.2) is 27.4 Å². The molecule has 144 valence electrons. The predicted molar refractivity (Wildman–Crippen MR) is 111 cm³/mol. The number of carbonyl (C=O) groups excluding carboxylic acids is 1. The van der Waals surface area contributed by atoms with E-state index in [1.165, 1.54) is 12.1 Å². The number of nitrogens with zero attached hydrogens (tertiary/aromatic N) is 1. The number of rotatable bonds is 6. The Morgan fingerprint density at radius 3 is 2.57 bits per heavy atom. The van der Waals surface area contributed by atoms with Crippen LogP contribution in [-0.2, 0) is 22.9 Å². The summed E-state index contributed by atoms with van der Waals surface area (Å²) in [5.41, 5.74) is 2.57. The van der Waals surface area contributed by atoms with E-state index in [-0.39, 0.29) is 10.8 Å². The van der Waals surface area contributed by atoms with Crippen LogP contribution in [0.15, 0.2) is 70.9 Å². The van der Waals surface area contributed by atoms with Gasteiger partial charge in [0, 0.05) is 29.2 Å². The van der Waals surface area contributed by atoms with E-state index in [0.717, 1.165) is 22.5 Å². The minimum absolute atomic E-state index is 0.112. The highest BCUT2D eigenvalue weighted by molar-refractivity contribution is 7.89. The number of hydrogen-bond acceptors (Lipinski definition) is 4. The highest BCUT2D eigenvalue weighted by Gasteiger charge is 2.25. The summed E-state index contributed by atoms with van der Waals surface area (Å²) >= 11 is 1.60. The molecular weight excluding hydrogens is 392 g/mol. The number of sulfonamides is 1. The van der Waals surface area contributed by atoms with Crippen molar-refractivity contribution in [2.45, 2.75) is 17.7 Å². The molecule has 1 aromatic heterocycles. The summed E-state index contributed by atoms with van der Waals surface area (Å²) in [6.45, 7) is 0.983. The highest BCUT2D eigenvalue weighted by Crippen LogP contribution is 2.29. The molecule has 0 spiro atoms. The van der Waals surface area contributed by atoms with Crippen LogP contribution >= 0.6 is 11.3 Å². The van der Waals surface area contributed by atoms with Gasteiger partial charge in [0.1, 0.15) is 0 Å². The maximum atomic E-state index is 12.8. The van der Waals surface area contributed by atoms with Crippen molar-refractivity contribution in [3.8, 4) is 0 Å². The third-order valence-electron chi connectivity index (χ3n) is 4.79. The van der Waals surface area contributed by atoms with E-state index in [0.29, 0.717) is 25.1 Å². The molecule has 1 aliphatic heterocycles. The predicted octanol–water partition coefficient (Wildman–Crippen LogP) is 3.47. The molecule has 2 aromatic carbocycles. The van der Waals surface area contributed by atoms with E-state index in [2.05, 4.69) is 4.72 Å². The Morgan fingerprint density at radius 1 is 1.04 bits per heavy atom. The van der Waals surface area contributed by atoms with Gasteiger partial charge in [0.05, 0.1) is 4.90 Å². The van der Waals surface area contributed by atoms with Crippen molar-refractivity contribution in [3.05, 3.63) is 82.0 Å². The van der Waals surface area contributed by atoms with E-state index >= 15 is 0 Å². The Bertz CT molecular complexity index is 1080. The van der Waals surface area contributed by atoms with Crippen LogP contribution in [0.2, 0.25) is 0 Å². The number of anilines is 1. The molecule has 5 nitrogen and oxygen atoms in total. The third-order valence-corrected chi connectivity index (χ3v) is 7.20. The summed E-state index contributed by atoms with van der Waals surface area (Å²) < 4.78 is 27.5. The Kier molecular flexibility index (Phi) is 5.30. The molecule has 0 atom stereocenters.